The second kappa shape index (κ2) is 9.23. The highest BCUT2D eigenvalue weighted by Crippen LogP contribution is 2.07. The first kappa shape index (κ1) is 14.2. The van der Waals surface area contributed by atoms with Crippen molar-refractivity contribution in [3.63, 3.8) is 0 Å². The molecule has 0 N–H and O–H groups in total. The third kappa shape index (κ3) is 6.05. The van der Waals surface area contributed by atoms with Crippen LogP contribution >= 0.6 is 0 Å². The van der Waals surface area contributed by atoms with Gasteiger partial charge in [0.15, 0.2) is 0 Å². The molecule has 0 unspecified atom stereocenters. The molecule has 0 spiro atoms. The minimum Gasteiger partial charge on any atom is -0.0877 e. The van der Waals surface area contributed by atoms with Gasteiger partial charge in [-0.05, 0) is 37.8 Å². The molecule has 1 aromatic rings. The molecule has 0 bridgehead atoms. The van der Waals surface area contributed by atoms with Gasteiger partial charge < -0.3 is 0 Å². The summed E-state index contributed by atoms with van der Waals surface area (Å²) in [5, 5.41) is 0. The Labute approximate surface area is 111 Å². The lowest BCUT2D eigenvalue weighted by Crippen LogP contribution is -1.84. The lowest BCUT2D eigenvalue weighted by molar-refractivity contribution is 1.22. The highest BCUT2D eigenvalue weighted by atomic mass is 14.0. The number of rotatable bonds is 6. The zero-order valence-electron chi connectivity index (χ0n) is 11.3. The summed E-state index contributed by atoms with van der Waals surface area (Å²) < 4.78 is 0. The van der Waals surface area contributed by atoms with Crippen LogP contribution in [0.2, 0.25) is 0 Å². The molecule has 0 nitrogen and oxygen atoms in total. The van der Waals surface area contributed by atoms with Crippen LogP contribution in [-0.2, 0) is 12.8 Å². The normalized spacial score (nSPS) is 12.6. The van der Waals surface area contributed by atoms with Gasteiger partial charge in [0.2, 0.25) is 0 Å². The van der Waals surface area contributed by atoms with Gasteiger partial charge in [-0.25, -0.2) is 0 Å². The van der Waals surface area contributed by atoms with Crippen LogP contribution in [0.1, 0.15) is 25.0 Å². The maximum atomic E-state index is 2.21. The molecule has 0 saturated carbocycles. The van der Waals surface area contributed by atoms with E-state index in [-0.39, 0.29) is 0 Å². The molecule has 0 radical (unpaired) electrons. The first-order valence-electron chi connectivity index (χ1n) is 6.50. The molecule has 0 saturated heterocycles. The predicted molar refractivity (Wildman–Crippen MR) is 81.8 cm³/mol. The van der Waals surface area contributed by atoms with E-state index in [1.54, 1.807) is 0 Å². The molecule has 0 aromatic heterocycles. The van der Waals surface area contributed by atoms with Crippen molar-refractivity contribution >= 4 is 0 Å². The standard InChI is InChI=1S/C18H22/c1-3-5-7-9-11-17-13-15-18(16-14-17)12-10-8-6-4-2/h3-10,13-16H,11-12H2,1-2H3/b5-3+,6-4+,9-7+,10-8+. The first-order valence-corrected chi connectivity index (χ1v) is 6.50. The van der Waals surface area contributed by atoms with E-state index in [4.69, 9.17) is 0 Å². The molecule has 0 aliphatic rings. The fourth-order valence-corrected chi connectivity index (χ4v) is 1.60. The maximum absolute atomic E-state index is 2.21. The number of allylic oxidation sites excluding steroid dienone is 8. The van der Waals surface area contributed by atoms with E-state index >= 15 is 0 Å². The van der Waals surface area contributed by atoms with Crippen molar-refractivity contribution in [3.8, 4) is 0 Å². The van der Waals surface area contributed by atoms with Gasteiger partial charge in [0.05, 0.1) is 0 Å². The van der Waals surface area contributed by atoms with Crippen LogP contribution < -0.4 is 0 Å². The Hall–Kier alpha value is -1.82. The summed E-state index contributed by atoms with van der Waals surface area (Å²) in [7, 11) is 0. The molecule has 0 heterocycles. The largest absolute Gasteiger partial charge is 0.0877 e. The average Bonchev–Trinajstić information content (AvgIpc) is 2.41. The van der Waals surface area contributed by atoms with E-state index < -0.39 is 0 Å². The fraction of sp³-hybridized carbons (Fsp3) is 0.222. The van der Waals surface area contributed by atoms with Crippen LogP contribution in [0.3, 0.4) is 0 Å². The van der Waals surface area contributed by atoms with Crippen molar-refractivity contribution in [2.45, 2.75) is 26.7 Å². The van der Waals surface area contributed by atoms with E-state index in [0.717, 1.165) is 12.8 Å². The smallest absolute Gasteiger partial charge is 0.00943 e. The SMILES string of the molecule is C/C=C/C=C/Cc1ccc(C/C=C/C=C/C)cc1. The van der Waals surface area contributed by atoms with E-state index in [2.05, 4.69) is 60.7 Å². The van der Waals surface area contributed by atoms with Gasteiger partial charge >= 0.3 is 0 Å². The second-order valence-corrected chi connectivity index (χ2v) is 4.13. The molecule has 0 heteroatoms. The van der Waals surface area contributed by atoms with Crippen molar-refractivity contribution in [2.75, 3.05) is 0 Å². The van der Waals surface area contributed by atoms with Crippen LogP contribution in [0.4, 0.5) is 0 Å². The van der Waals surface area contributed by atoms with Crippen LogP contribution in [-0.4, -0.2) is 0 Å². The maximum Gasteiger partial charge on any atom is -0.00943 e. The van der Waals surface area contributed by atoms with Crippen molar-refractivity contribution in [3.05, 3.63) is 84.0 Å². The van der Waals surface area contributed by atoms with Gasteiger partial charge in [0.1, 0.15) is 0 Å². The molecule has 94 valence electrons. The molecular weight excluding hydrogens is 216 g/mol. The Balaban J connectivity index is 2.47. The van der Waals surface area contributed by atoms with Gasteiger partial charge in [-0.15, -0.1) is 0 Å². The van der Waals surface area contributed by atoms with E-state index in [0.29, 0.717) is 0 Å². The fourth-order valence-electron chi connectivity index (χ4n) is 1.60. The molecule has 0 aliphatic carbocycles. The van der Waals surface area contributed by atoms with Gasteiger partial charge in [0.25, 0.3) is 0 Å². The monoisotopic (exact) mass is 238 g/mol. The summed E-state index contributed by atoms with van der Waals surface area (Å²) in [6.45, 7) is 4.06. The molecule has 0 aliphatic heterocycles. The predicted octanol–water partition coefficient (Wildman–Crippen LogP) is 5.04. The van der Waals surface area contributed by atoms with Crippen LogP contribution in [0, 0.1) is 0 Å². The average molecular weight is 238 g/mol. The lowest BCUT2D eigenvalue weighted by atomic mass is 10.1. The Morgan fingerprint density at radius 3 is 1.39 bits per heavy atom. The number of hydrogen-bond acceptors (Lipinski definition) is 0. The van der Waals surface area contributed by atoms with Crippen LogP contribution in [0.5, 0.6) is 0 Å². The summed E-state index contributed by atoms with van der Waals surface area (Å²) in [6, 6.07) is 8.83. The molecular formula is C18H22. The van der Waals surface area contributed by atoms with Gasteiger partial charge in [0, 0.05) is 0 Å². The summed E-state index contributed by atoms with van der Waals surface area (Å²) in [5.41, 5.74) is 2.72. The quantitative estimate of drug-likeness (QED) is 0.609. The molecule has 0 fully saturated rings. The van der Waals surface area contributed by atoms with Gasteiger partial charge in [-0.2, -0.15) is 0 Å². The second-order valence-electron chi connectivity index (χ2n) is 4.13. The Morgan fingerprint density at radius 1 is 0.667 bits per heavy atom. The zero-order chi connectivity index (χ0) is 13.1. The van der Waals surface area contributed by atoms with E-state index in [1.165, 1.54) is 11.1 Å². The van der Waals surface area contributed by atoms with Crippen molar-refractivity contribution < 1.29 is 0 Å². The van der Waals surface area contributed by atoms with Gasteiger partial charge in [-0.3, -0.25) is 0 Å². The lowest BCUT2D eigenvalue weighted by Gasteiger charge is -1.99. The van der Waals surface area contributed by atoms with Crippen LogP contribution in [0.15, 0.2) is 72.9 Å². The number of hydrogen-bond donors (Lipinski definition) is 0. The topological polar surface area (TPSA) is 0 Å². The minimum atomic E-state index is 0.999. The number of benzene rings is 1. The van der Waals surface area contributed by atoms with Crippen molar-refractivity contribution in [1.29, 1.82) is 0 Å². The Bertz CT molecular complexity index is 385. The molecule has 0 amide bonds. The first-order chi connectivity index (χ1) is 8.86. The highest BCUT2D eigenvalue weighted by molar-refractivity contribution is 5.26. The highest BCUT2D eigenvalue weighted by Gasteiger charge is 1.91. The summed E-state index contributed by atoms with van der Waals surface area (Å²) in [4.78, 5) is 0. The Kier molecular flexibility index (Phi) is 7.31. The molecule has 1 rings (SSSR count). The third-order valence-electron chi connectivity index (χ3n) is 2.61. The molecule has 1 aromatic carbocycles. The van der Waals surface area contributed by atoms with E-state index in [9.17, 15) is 0 Å². The summed E-state index contributed by atoms with van der Waals surface area (Å²) in [6.07, 6.45) is 18.7. The Morgan fingerprint density at radius 2 is 1.06 bits per heavy atom. The van der Waals surface area contributed by atoms with Crippen LogP contribution in [0.25, 0.3) is 0 Å². The van der Waals surface area contributed by atoms with Crippen molar-refractivity contribution in [2.24, 2.45) is 0 Å². The third-order valence-corrected chi connectivity index (χ3v) is 2.61. The molecule has 18 heavy (non-hydrogen) atoms. The molecule has 0 atom stereocenters. The van der Waals surface area contributed by atoms with Gasteiger partial charge in [-0.1, -0.05) is 72.9 Å². The minimum absolute atomic E-state index is 0.999. The summed E-state index contributed by atoms with van der Waals surface area (Å²) >= 11 is 0. The van der Waals surface area contributed by atoms with Crippen molar-refractivity contribution in [1.82, 2.24) is 0 Å². The van der Waals surface area contributed by atoms with E-state index in [1.807, 2.05) is 26.0 Å². The zero-order valence-corrected chi connectivity index (χ0v) is 11.3. The summed E-state index contributed by atoms with van der Waals surface area (Å²) in [5.74, 6) is 0.